The molecule has 3 rings (SSSR count). The van der Waals surface area contributed by atoms with Crippen molar-refractivity contribution in [2.24, 2.45) is 0 Å². The van der Waals surface area contributed by atoms with E-state index in [4.69, 9.17) is 14.2 Å². The van der Waals surface area contributed by atoms with Crippen molar-refractivity contribution in [3.05, 3.63) is 83.4 Å². The molecule has 0 aliphatic carbocycles. The Bertz CT molecular complexity index is 1180. The number of nitrogens with one attached hydrogen (secondary N) is 1. The molecule has 0 heterocycles. The molecule has 0 fully saturated rings. The summed E-state index contributed by atoms with van der Waals surface area (Å²) < 4.78 is 16.3. The average Bonchev–Trinajstić information content (AvgIpc) is 2.81. The molecule has 1 N–H and O–H groups in total. The van der Waals surface area contributed by atoms with Crippen molar-refractivity contribution in [1.82, 2.24) is 0 Å². The number of aryl methyl sites for hydroxylation is 1. The fourth-order valence-corrected chi connectivity index (χ4v) is 3.13. The average molecular weight is 428 g/mol. The predicted molar refractivity (Wildman–Crippen MR) is 125 cm³/mol. The number of nitriles is 1. The van der Waals surface area contributed by atoms with Crippen molar-refractivity contribution in [3.63, 3.8) is 0 Å². The van der Waals surface area contributed by atoms with Gasteiger partial charge in [0.25, 0.3) is 5.91 Å². The number of nitrogens with zero attached hydrogens (tertiary/aromatic N) is 1. The van der Waals surface area contributed by atoms with E-state index < -0.39 is 0 Å². The second-order valence-electron chi connectivity index (χ2n) is 6.98. The Morgan fingerprint density at radius 3 is 2.47 bits per heavy atom. The van der Waals surface area contributed by atoms with Gasteiger partial charge < -0.3 is 19.5 Å². The molecule has 32 heavy (non-hydrogen) atoms. The fraction of sp³-hybridized carbons (Fsp3) is 0.154. The van der Waals surface area contributed by atoms with Gasteiger partial charge in [0, 0.05) is 11.3 Å². The SMILES string of the molecule is COc1ccc(/C(C#N)=C/c2ccccc2OCC(=O)Nc2cccc(C)c2)cc1OC. The van der Waals surface area contributed by atoms with Crippen LogP contribution in [0.4, 0.5) is 5.69 Å². The number of carbonyl (C=O) groups is 1. The Morgan fingerprint density at radius 1 is 0.969 bits per heavy atom. The summed E-state index contributed by atoms with van der Waals surface area (Å²) in [6.45, 7) is 1.80. The number of methoxy groups -OCH3 is 2. The lowest BCUT2D eigenvalue weighted by Crippen LogP contribution is -2.20. The summed E-state index contributed by atoms with van der Waals surface area (Å²) in [5, 5.41) is 12.5. The molecular formula is C26H24N2O4. The molecule has 6 heteroatoms. The molecule has 0 saturated heterocycles. The molecule has 0 bridgehead atoms. The van der Waals surface area contributed by atoms with Crippen molar-refractivity contribution in [1.29, 1.82) is 5.26 Å². The number of para-hydroxylation sites is 1. The topological polar surface area (TPSA) is 80.6 Å². The zero-order valence-corrected chi connectivity index (χ0v) is 18.2. The highest BCUT2D eigenvalue weighted by Crippen LogP contribution is 2.32. The van der Waals surface area contributed by atoms with Gasteiger partial charge in [-0.1, -0.05) is 30.3 Å². The number of hydrogen-bond acceptors (Lipinski definition) is 5. The fourth-order valence-electron chi connectivity index (χ4n) is 3.13. The van der Waals surface area contributed by atoms with E-state index in [2.05, 4.69) is 11.4 Å². The van der Waals surface area contributed by atoms with Gasteiger partial charge in [-0.3, -0.25) is 4.79 Å². The van der Waals surface area contributed by atoms with Crippen LogP contribution in [0.15, 0.2) is 66.7 Å². The summed E-state index contributed by atoms with van der Waals surface area (Å²) in [6, 6.07) is 22.3. The zero-order chi connectivity index (χ0) is 22.9. The minimum Gasteiger partial charge on any atom is -0.493 e. The lowest BCUT2D eigenvalue weighted by Gasteiger charge is -2.11. The van der Waals surface area contributed by atoms with Crippen LogP contribution in [0.25, 0.3) is 11.6 Å². The van der Waals surface area contributed by atoms with Gasteiger partial charge in [0.05, 0.1) is 25.9 Å². The van der Waals surface area contributed by atoms with Crippen LogP contribution in [0.2, 0.25) is 0 Å². The van der Waals surface area contributed by atoms with Crippen LogP contribution in [0.5, 0.6) is 17.2 Å². The molecule has 0 radical (unpaired) electrons. The highest BCUT2D eigenvalue weighted by atomic mass is 16.5. The highest BCUT2D eigenvalue weighted by Gasteiger charge is 2.11. The van der Waals surface area contributed by atoms with Gasteiger partial charge in [-0.15, -0.1) is 0 Å². The van der Waals surface area contributed by atoms with Crippen molar-refractivity contribution < 1.29 is 19.0 Å². The van der Waals surface area contributed by atoms with Gasteiger partial charge in [0.15, 0.2) is 18.1 Å². The van der Waals surface area contributed by atoms with Crippen molar-refractivity contribution >= 4 is 23.2 Å². The van der Waals surface area contributed by atoms with Crippen LogP contribution < -0.4 is 19.5 Å². The van der Waals surface area contributed by atoms with Crippen LogP contribution in [0, 0.1) is 18.3 Å². The van der Waals surface area contributed by atoms with Crippen LogP contribution in [-0.4, -0.2) is 26.7 Å². The van der Waals surface area contributed by atoms with E-state index >= 15 is 0 Å². The molecule has 0 aliphatic heterocycles. The lowest BCUT2D eigenvalue weighted by molar-refractivity contribution is -0.118. The smallest absolute Gasteiger partial charge is 0.262 e. The number of anilines is 1. The molecule has 0 unspecified atom stereocenters. The number of hydrogen-bond donors (Lipinski definition) is 1. The number of rotatable bonds is 8. The van der Waals surface area contributed by atoms with Crippen molar-refractivity contribution in [3.8, 4) is 23.3 Å². The van der Waals surface area contributed by atoms with E-state index in [0.717, 1.165) is 5.56 Å². The molecule has 1 amide bonds. The van der Waals surface area contributed by atoms with Crippen LogP contribution in [0.3, 0.4) is 0 Å². The maximum Gasteiger partial charge on any atom is 0.262 e. The maximum atomic E-state index is 12.3. The van der Waals surface area contributed by atoms with Gasteiger partial charge in [0.1, 0.15) is 5.75 Å². The Balaban J connectivity index is 1.78. The Hall–Kier alpha value is -4.24. The molecule has 0 spiro atoms. The third kappa shape index (κ3) is 5.67. The molecule has 0 aromatic heterocycles. The first-order valence-electron chi connectivity index (χ1n) is 9.96. The first-order chi connectivity index (χ1) is 15.5. The quantitative estimate of drug-likeness (QED) is 0.399. The summed E-state index contributed by atoms with van der Waals surface area (Å²) in [6.07, 6.45) is 1.72. The second-order valence-corrected chi connectivity index (χ2v) is 6.98. The third-order valence-electron chi connectivity index (χ3n) is 4.69. The Kier molecular flexibility index (Phi) is 7.50. The molecule has 0 saturated carbocycles. The minimum absolute atomic E-state index is 0.156. The number of benzene rings is 3. The third-order valence-corrected chi connectivity index (χ3v) is 4.69. The maximum absolute atomic E-state index is 12.3. The lowest BCUT2D eigenvalue weighted by atomic mass is 10.0. The first kappa shape index (κ1) is 22.4. The van der Waals surface area contributed by atoms with E-state index in [1.54, 1.807) is 44.6 Å². The second kappa shape index (κ2) is 10.7. The van der Waals surface area contributed by atoms with E-state index in [0.29, 0.717) is 39.6 Å². The molecule has 3 aromatic carbocycles. The summed E-state index contributed by atoms with van der Waals surface area (Å²) >= 11 is 0. The van der Waals surface area contributed by atoms with Gasteiger partial charge >= 0.3 is 0 Å². The van der Waals surface area contributed by atoms with Gasteiger partial charge in [-0.25, -0.2) is 0 Å². The summed E-state index contributed by atoms with van der Waals surface area (Å²) in [5.41, 5.74) is 3.55. The molecule has 6 nitrogen and oxygen atoms in total. The monoisotopic (exact) mass is 428 g/mol. The van der Waals surface area contributed by atoms with E-state index in [1.807, 2.05) is 49.4 Å². The largest absolute Gasteiger partial charge is 0.493 e. The van der Waals surface area contributed by atoms with Crippen molar-refractivity contribution in [2.75, 3.05) is 26.1 Å². The summed E-state index contributed by atoms with van der Waals surface area (Å²) in [4.78, 5) is 12.3. The number of amides is 1. The van der Waals surface area contributed by atoms with Crippen LogP contribution >= 0.6 is 0 Å². The van der Waals surface area contributed by atoms with Gasteiger partial charge in [-0.2, -0.15) is 5.26 Å². The molecule has 162 valence electrons. The molecule has 3 aromatic rings. The highest BCUT2D eigenvalue weighted by molar-refractivity contribution is 5.93. The first-order valence-corrected chi connectivity index (χ1v) is 9.96. The molecular weight excluding hydrogens is 404 g/mol. The standard InChI is InChI=1S/C26H24N2O4/c1-18-7-6-9-22(13-18)28-26(29)17-32-23-10-5-4-8-20(23)14-21(16-27)19-11-12-24(30-2)25(15-19)31-3/h4-15H,17H2,1-3H3,(H,28,29)/b21-14+. The van der Waals surface area contributed by atoms with Crippen LogP contribution in [0.1, 0.15) is 16.7 Å². The van der Waals surface area contributed by atoms with E-state index in [-0.39, 0.29) is 12.5 Å². The predicted octanol–water partition coefficient (Wildman–Crippen LogP) is 5.09. The number of carbonyl (C=O) groups excluding carboxylic acids is 1. The number of allylic oxidation sites excluding steroid dienone is 1. The van der Waals surface area contributed by atoms with E-state index in [1.165, 1.54) is 0 Å². The zero-order valence-electron chi connectivity index (χ0n) is 18.2. The number of ether oxygens (including phenoxy) is 3. The van der Waals surface area contributed by atoms with Crippen molar-refractivity contribution in [2.45, 2.75) is 6.92 Å². The Labute approximate surface area is 187 Å². The van der Waals surface area contributed by atoms with Gasteiger partial charge in [0.2, 0.25) is 0 Å². The summed E-state index contributed by atoms with van der Waals surface area (Å²) in [5.74, 6) is 1.34. The normalized spacial score (nSPS) is 10.8. The van der Waals surface area contributed by atoms with Gasteiger partial charge in [-0.05, 0) is 60.5 Å². The summed E-state index contributed by atoms with van der Waals surface area (Å²) in [7, 11) is 3.10. The molecule has 0 aliphatic rings. The Morgan fingerprint density at radius 2 is 1.75 bits per heavy atom. The van der Waals surface area contributed by atoms with E-state index in [9.17, 15) is 10.1 Å². The minimum atomic E-state index is -0.269. The van der Waals surface area contributed by atoms with Crippen LogP contribution in [-0.2, 0) is 4.79 Å². The molecule has 0 atom stereocenters.